The van der Waals surface area contributed by atoms with Gasteiger partial charge >= 0.3 is 0 Å². The normalized spacial score (nSPS) is 20.7. The molecule has 0 amide bonds. The van der Waals surface area contributed by atoms with Gasteiger partial charge in [0, 0.05) is 19.3 Å². The monoisotopic (exact) mass is 239 g/mol. The van der Waals surface area contributed by atoms with Crippen molar-refractivity contribution in [2.75, 3.05) is 30.1 Å². The van der Waals surface area contributed by atoms with Crippen LogP contribution in [-0.2, 0) is 4.74 Å². The van der Waals surface area contributed by atoms with E-state index in [-0.39, 0.29) is 0 Å². The first-order valence-corrected chi connectivity index (χ1v) is 5.97. The Labute approximate surface area is 99.6 Å². The molecule has 1 saturated heterocycles. The van der Waals surface area contributed by atoms with Gasteiger partial charge in [0.15, 0.2) is 5.82 Å². The maximum Gasteiger partial charge on any atom is 0.155 e. The van der Waals surface area contributed by atoms with E-state index in [0.29, 0.717) is 11.2 Å². The van der Waals surface area contributed by atoms with Crippen LogP contribution in [0, 0.1) is 0 Å². The average molecular weight is 240 g/mol. The summed E-state index contributed by atoms with van der Waals surface area (Å²) in [5.41, 5.74) is 1.08. The van der Waals surface area contributed by atoms with Crippen LogP contribution in [0.1, 0.15) is 12.8 Å². The number of nitrogens with zero attached hydrogens (tertiary/aromatic N) is 2. The lowest BCUT2D eigenvalue weighted by atomic mass is 10.1. The molecule has 1 aromatic heterocycles. The molecule has 2 aliphatic rings. The van der Waals surface area contributed by atoms with Crippen LogP contribution in [0.3, 0.4) is 0 Å². The zero-order chi connectivity index (χ0) is 11.0. The molecule has 1 fully saturated rings. The SMILES string of the molecule is Clc1ccc2c(n1)N(C1CCOCC1)CN2. The Morgan fingerprint density at radius 2 is 2.19 bits per heavy atom. The van der Waals surface area contributed by atoms with Gasteiger partial charge in [-0.1, -0.05) is 11.6 Å². The molecule has 5 heteroatoms. The fraction of sp³-hybridized carbons (Fsp3) is 0.545. The largest absolute Gasteiger partial charge is 0.381 e. The highest BCUT2D eigenvalue weighted by Crippen LogP contribution is 2.33. The molecule has 0 radical (unpaired) electrons. The van der Waals surface area contributed by atoms with Gasteiger partial charge in [0.05, 0.1) is 12.4 Å². The van der Waals surface area contributed by atoms with Gasteiger partial charge < -0.3 is 15.0 Å². The summed E-state index contributed by atoms with van der Waals surface area (Å²) in [5.74, 6) is 0.986. The molecule has 3 rings (SSSR count). The fourth-order valence-corrected chi connectivity index (χ4v) is 2.47. The highest BCUT2D eigenvalue weighted by Gasteiger charge is 2.28. The second-order valence-electron chi connectivity index (χ2n) is 4.15. The maximum absolute atomic E-state index is 5.94. The first-order valence-electron chi connectivity index (χ1n) is 5.59. The van der Waals surface area contributed by atoms with Gasteiger partial charge in [-0.3, -0.25) is 0 Å². The number of hydrogen-bond donors (Lipinski definition) is 1. The van der Waals surface area contributed by atoms with E-state index in [2.05, 4.69) is 15.2 Å². The summed E-state index contributed by atoms with van der Waals surface area (Å²) in [4.78, 5) is 6.69. The molecule has 0 unspecified atom stereocenters. The van der Waals surface area contributed by atoms with Crippen molar-refractivity contribution in [2.24, 2.45) is 0 Å². The molecule has 2 aliphatic heterocycles. The van der Waals surface area contributed by atoms with Crippen LogP contribution in [0.15, 0.2) is 12.1 Å². The third-order valence-corrected chi connectivity index (χ3v) is 3.40. The summed E-state index contributed by atoms with van der Waals surface area (Å²) in [6, 6.07) is 4.33. The van der Waals surface area contributed by atoms with Gasteiger partial charge in [0.2, 0.25) is 0 Å². The van der Waals surface area contributed by atoms with Crippen molar-refractivity contribution < 1.29 is 4.74 Å². The van der Waals surface area contributed by atoms with Gasteiger partial charge in [-0.05, 0) is 25.0 Å². The smallest absolute Gasteiger partial charge is 0.155 e. The molecule has 4 nitrogen and oxygen atoms in total. The van der Waals surface area contributed by atoms with E-state index < -0.39 is 0 Å². The van der Waals surface area contributed by atoms with Crippen LogP contribution in [0.4, 0.5) is 11.5 Å². The van der Waals surface area contributed by atoms with Crippen molar-refractivity contribution in [1.29, 1.82) is 0 Å². The molecule has 16 heavy (non-hydrogen) atoms. The minimum atomic E-state index is 0.522. The van der Waals surface area contributed by atoms with E-state index >= 15 is 0 Å². The molecule has 0 saturated carbocycles. The summed E-state index contributed by atoms with van der Waals surface area (Å²) >= 11 is 5.94. The number of anilines is 2. The van der Waals surface area contributed by atoms with E-state index in [1.165, 1.54) is 0 Å². The highest BCUT2D eigenvalue weighted by molar-refractivity contribution is 6.29. The van der Waals surface area contributed by atoms with Gasteiger partial charge in [0.1, 0.15) is 5.15 Å². The summed E-state index contributed by atoms with van der Waals surface area (Å²) in [6.45, 7) is 2.52. The molecular weight excluding hydrogens is 226 g/mol. The third-order valence-electron chi connectivity index (χ3n) is 3.18. The van der Waals surface area contributed by atoms with E-state index in [9.17, 15) is 0 Å². The predicted molar refractivity (Wildman–Crippen MR) is 64.1 cm³/mol. The number of aromatic nitrogens is 1. The van der Waals surface area contributed by atoms with E-state index in [0.717, 1.165) is 44.2 Å². The van der Waals surface area contributed by atoms with Gasteiger partial charge in [-0.2, -0.15) is 0 Å². The van der Waals surface area contributed by atoms with Crippen molar-refractivity contribution in [2.45, 2.75) is 18.9 Å². The van der Waals surface area contributed by atoms with Gasteiger partial charge in [-0.25, -0.2) is 4.98 Å². The Hall–Kier alpha value is -1.00. The summed E-state index contributed by atoms with van der Waals surface area (Å²) in [6.07, 6.45) is 2.13. The summed E-state index contributed by atoms with van der Waals surface area (Å²) < 4.78 is 5.38. The minimum Gasteiger partial charge on any atom is -0.381 e. The first-order chi connectivity index (χ1) is 7.84. The standard InChI is InChI=1S/C11H14ClN3O/c12-10-2-1-9-11(14-10)15(7-13-9)8-3-5-16-6-4-8/h1-2,8,13H,3-7H2. The second kappa shape index (κ2) is 4.11. The molecule has 1 N–H and O–H groups in total. The van der Waals surface area contributed by atoms with Crippen LogP contribution < -0.4 is 10.2 Å². The van der Waals surface area contributed by atoms with E-state index in [4.69, 9.17) is 16.3 Å². The molecule has 86 valence electrons. The van der Waals surface area contributed by atoms with Crippen molar-refractivity contribution in [3.05, 3.63) is 17.3 Å². The first kappa shape index (κ1) is 10.2. The van der Waals surface area contributed by atoms with Crippen LogP contribution in [0.25, 0.3) is 0 Å². The Morgan fingerprint density at radius 3 is 3.00 bits per heavy atom. The lowest BCUT2D eigenvalue weighted by Crippen LogP contribution is -2.39. The number of halogens is 1. The highest BCUT2D eigenvalue weighted by atomic mass is 35.5. The predicted octanol–water partition coefficient (Wildman–Crippen LogP) is 2.10. The summed E-state index contributed by atoms with van der Waals surface area (Å²) in [7, 11) is 0. The maximum atomic E-state index is 5.94. The van der Waals surface area contributed by atoms with Crippen molar-refractivity contribution in [1.82, 2.24) is 4.98 Å². The lowest BCUT2D eigenvalue weighted by Gasteiger charge is -2.31. The van der Waals surface area contributed by atoms with E-state index in [1.54, 1.807) is 0 Å². The van der Waals surface area contributed by atoms with Crippen LogP contribution in [-0.4, -0.2) is 30.9 Å². The van der Waals surface area contributed by atoms with Crippen molar-refractivity contribution in [3.8, 4) is 0 Å². The van der Waals surface area contributed by atoms with Crippen molar-refractivity contribution >= 4 is 23.1 Å². The molecule has 0 spiro atoms. The Balaban J connectivity index is 1.86. The number of fused-ring (bicyclic) bond motifs is 1. The van der Waals surface area contributed by atoms with Gasteiger partial charge in [0.25, 0.3) is 0 Å². The Kier molecular flexibility index (Phi) is 2.61. The molecule has 0 aliphatic carbocycles. The second-order valence-corrected chi connectivity index (χ2v) is 4.54. The van der Waals surface area contributed by atoms with Gasteiger partial charge in [-0.15, -0.1) is 0 Å². The molecule has 0 bridgehead atoms. The Bertz CT molecular complexity index is 393. The van der Waals surface area contributed by atoms with E-state index in [1.807, 2.05) is 12.1 Å². The minimum absolute atomic E-state index is 0.522. The fourth-order valence-electron chi connectivity index (χ4n) is 2.33. The zero-order valence-electron chi connectivity index (χ0n) is 8.95. The molecule has 0 atom stereocenters. The van der Waals surface area contributed by atoms with Crippen LogP contribution in [0.5, 0.6) is 0 Å². The third kappa shape index (κ3) is 1.72. The Morgan fingerprint density at radius 1 is 1.38 bits per heavy atom. The van der Waals surface area contributed by atoms with Crippen LogP contribution in [0.2, 0.25) is 5.15 Å². The topological polar surface area (TPSA) is 37.4 Å². The number of pyridine rings is 1. The number of ether oxygens (including phenoxy) is 1. The molecular formula is C11H14ClN3O. The number of nitrogens with one attached hydrogen (secondary N) is 1. The van der Waals surface area contributed by atoms with Crippen LogP contribution >= 0.6 is 11.6 Å². The number of hydrogen-bond acceptors (Lipinski definition) is 4. The summed E-state index contributed by atoms with van der Waals surface area (Å²) in [5, 5.41) is 3.89. The average Bonchev–Trinajstić information content (AvgIpc) is 2.73. The van der Waals surface area contributed by atoms with Crippen molar-refractivity contribution in [3.63, 3.8) is 0 Å². The molecule has 3 heterocycles. The lowest BCUT2D eigenvalue weighted by molar-refractivity contribution is 0.0849. The molecule has 0 aromatic carbocycles. The number of rotatable bonds is 1. The zero-order valence-corrected chi connectivity index (χ0v) is 9.70. The quantitative estimate of drug-likeness (QED) is 0.762. The molecule has 1 aromatic rings.